The molecule has 0 aromatic carbocycles. The van der Waals surface area contributed by atoms with Crippen LogP contribution in [0.2, 0.25) is 12.1 Å². The van der Waals surface area contributed by atoms with Crippen molar-refractivity contribution in [1.82, 2.24) is 0 Å². The molecule has 2 heteroatoms. The zero-order valence-electron chi connectivity index (χ0n) is 11.5. The summed E-state index contributed by atoms with van der Waals surface area (Å²) < 4.78 is 0. The van der Waals surface area contributed by atoms with Gasteiger partial charge in [0.15, 0.2) is 0 Å². The summed E-state index contributed by atoms with van der Waals surface area (Å²) in [5.41, 5.74) is 0. The molecule has 0 spiro atoms. The van der Waals surface area contributed by atoms with Crippen LogP contribution in [-0.4, -0.2) is 8.07 Å². The zero-order valence-corrected chi connectivity index (χ0v) is 12.5. The van der Waals surface area contributed by atoms with Crippen LogP contribution in [0.5, 0.6) is 0 Å². The molecule has 0 saturated carbocycles. The molecule has 0 fully saturated rings. The topological polar surface area (TPSA) is 0 Å². The van der Waals surface area contributed by atoms with Gasteiger partial charge in [-0.15, -0.1) is 0 Å². The maximum atomic E-state index is 2.41. The number of hydrogen-bond acceptors (Lipinski definition) is 0. The number of hydrogen-bond donors (Lipinski definition) is 0. The van der Waals surface area contributed by atoms with Crippen LogP contribution in [0.4, 0.5) is 0 Å². The van der Waals surface area contributed by atoms with Crippen molar-refractivity contribution in [1.29, 1.82) is 0 Å². The van der Waals surface area contributed by atoms with Gasteiger partial charge in [0.05, 0.1) is 0 Å². The summed E-state index contributed by atoms with van der Waals surface area (Å²) in [5.74, 6) is 0. The molecule has 2 aliphatic carbocycles. The summed E-state index contributed by atoms with van der Waals surface area (Å²) in [6.45, 7) is 4.74. The van der Waals surface area contributed by atoms with Crippen molar-refractivity contribution in [3.8, 4) is 0 Å². The van der Waals surface area contributed by atoms with E-state index >= 15 is 0 Å². The fraction of sp³-hybridized carbons (Fsp3) is 0.467. The molecule has 0 amide bonds. The first-order valence-electron chi connectivity index (χ1n) is 6.56. The predicted molar refractivity (Wildman–Crippen MR) is 75.0 cm³/mol. The summed E-state index contributed by atoms with van der Waals surface area (Å²) in [4.78, 5) is 0. The molecule has 86 valence electrons. The minimum absolute atomic E-state index is 0. The molecule has 0 aromatic rings. The molecular formula is C15H22LiSi+. The van der Waals surface area contributed by atoms with Gasteiger partial charge in [-0.3, -0.25) is 0 Å². The van der Waals surface area contributed by atoms with Gasteiger partial charge in [-0.2, -0.15) is 0 Å². The first kappa shape index (κ1) is 14.8. The van der Waals surface area contributed by atoms with E-state index in [2.05, 4.69) is 50.3 Å². The molecule has 0 heterocycles. The first-order valence-corrected chi connectivity index (χ1v) is 8.97. The van der Waals surface area contributed by atoms with Crippen LogP contribution in [0, 0.1) is 0 Å². The van der Waals surface area contributed by atoms with Gasteiger partial charge < -0.3 is 0 Å². The molecule has 0 bridgehead atoms. The second-order valence-corrected chi connectivity index (χ2v) is 9.49. The van der Waals surface area contributed by atoms with Gasteiger partial charge in [0.25, 0.3) is 0 Å². The van der Waals surface area contributed by atoms with Crippen LogP contribution >= 0.6 is 0 Å². The smallest absolute Gasteiger partial charge is 0.0809 e. The summed E-state index contributed by atoms with van der Waals surface area (Å²) in [7, 11) is -1.31. The molecule has 0 nitrogen and oxygen atoms in total. The van der Waals surface area contributed by atoms with Gasteiger partial charge in [-0.25, -0.2) is 0 Å². The summed E-state index contributed by atoms with van der Waals surface area (Å²) in [6.07, 6.45) is 17.7. The van der Waals surface area contributed by atoms with Crippen molar-refractivity contribution in [3.63, 3.8) is 0 Å². The van der Waals surface area contributed by atoms with Crippen molar-refractivity contribution in [2.24, 2.45) is 0 Å². The molecule has 2 aliphatic rings. The van der Waals surface area contributed by atoms with Gasteiger partial charge in [0.2, 0.25) is 0 Å². The van der Waals surface area contributed by atoms with E-state index in [1.807, 2.05) is 0 Å². The Balaban J connectivity index is 0.00000144. The zero-order chi connectivity index (χ0) is 11.4. The van der Waals surface area contributed by atoms with E-state index in [1.165, 1.54) is 31.4 Å². The maximum absolute atomic E-state index is 2.41. The minimum Gasteiger partial charge on any atom is -0.0809 e. The van der Waals surface area contributed by atoms with Gasteiger partial charge in [-0.05, 0) is 12.8 Å². The SMILES string of the molecule is CCC[Si](CC)(C1=CC=CC1)C1=CC=CC1.[Li+]. The van der Waals surface area contributed by atoms with Crippen LogP contribution < -0.4 is 18.9 Å². The molecule has 2 rings (SSSR count). The van der Waals surface area contributed by atoms with Crippen LogP contribution in [0.15, 0.2) is 46.8 Å². The van der Waals surface area contributed by atoms with Crippen LogP contribution in [0.25, 0.3) is 0 Å². The third kappa shape index (κ3) is 2.79. The largest absolute Gasteiger partial charge is 1.00 e. The Hall–Kier alpha value is -0.226. The van der Waals surface area contributed by atoms with Crippen molar-refractivity contribution < 1.29 is 18.9 Å². The van der Waals surface area contributed by atoms with E-state index in [4.69, 9.17) is 0 Å². The third-order valence-electron chi connectivity index (χ3n) is 4.05. The van der Waals surface area contributed by atoms with E-state index < -0.39 is 8.07 Å². The third-order valence-corrected chi connectivity index (χ3v) is 9.81. The molecule has 0 aliphatic heterocycles. The molecule has 17 heavy (non-hydrogen) atoms. The Kier molecular flexibility index (Phi) is 5.79. The molecule has 0 unspecified atom stereocenters. The Labute approximate surface area is 119 Å². The first-order chi connectivity index (χ1) is 7.83. The van der Waals surface area contributed by atoms with E-state index in [0.29, 0.717) is 0 Å². The maximum Gasteiger partial charge on any atom is 1.00 e. The molecule has 0 atom stereocenters. The summed E-state index contributed by atoms with van der Waals surface area (Å²) in [6, 6.07) is 2.81. The fourth-order valence-corrected chi connectivity index (χ4v) is 8.21. The van der Waals surface area contributed by atoms with Gasteiger partial charge in [0.1, 0.15) is 8.07 Å². The summed E-state index contributed by atoms with van der Waals surface area (Å²) >= 11 is 0. The minimum atomic E-state index is -1.31. The van der Waals surface area contributed by atoms with Crippen molar-refractivity contribution in [2.45, 2.75) is 45.2 Å². The van der Waals surface area contributed by atoms with E-state index in [9.17, 15) is 0 Å². The van der Waals surface area contributed by atoms with Crippen molar-refractivity contribution >= 4 is 8.07 Å². The molecule has 0 radical (unpaired) electrons. The van der Waals surface area contributed by atoms with E-state index in [1.54, 1.807) is 10.4 Å². The monoisotopic (exact) mass is 237 g/mol. The second-order valence-electron chi connectivity index (χ2n) is 4.83. The predicted octanol–water partition coefficient (Wildman–Crippen LogP) is 1.72. The number of rotatable bonds is 5. The van der Waals surface area contributed by atoms with Gasteiger partial charge >= 0.3 is 18.9 Å². The number of allylic oxidation sites excluding steroid dienone is 8. The molecule has 0 aromatic heterocycles. The van der Waals surface area contributed by atoms with Gasteiger partial charge in [0, 0.05) is 0 Å². The molecule has 0 saturated heterocycles. The Morgan fingerprint density at radius 3 is 1.82 bits per heavy atom. The quantitative estimate of drug-likeness (QED) is 0.639. The van der Waals surface area contributed by atoms with Crippen LogP contribution in [0.1, 0.15) is 33.1 Å². The van der Waals surface area contributed by atoms with Crippen LogP contribution in [-0.2, 0) is 0 Å². The molecule has 0 N–H and O–H groups in total. The Morgan fingerprint density at radius 1 is 1.00 bits per heavy atom. The van der Waals surface area contributed by atoms with Crippen molar-refractivity contribution in [3.05, 3.63) is 46.8 Å². The molecular weight excluding hydrogens is 215 g/mol. The van der Waals surface area contributed by atoms with Crippen molar-refractivity contribution in [2.75, 3.05) is 0 Å². The van der Waals surface area contributed by atoms with E-state index in [-0.39, 0.29) is 18.9 Å². The Morgan fingerprint density at radius 2 is 1.53 bits per heavy atom. The second kappa shape index (κ2) is 6.64. The average molecular weight is 237 g/mol. The normalized spacial score (nSPS) is 18.0. The average Bonchev–Trinajstić information content (AvgIpc) is 2.98. The fourth-order valence-electron chi connectivity index (χ4n) is 3.19. The van der Waals surface area contributed by atoms with Crippen LogP contribution in [0.3, 0.4) is 0 Å². The Bertz CT molecular complexity index is 344. The summed E-state index contributed by atoms with van der Waals surface area (Å²) in [5, 5.41) is 3.54. The van der Waals surface area contributed by atoms with Gasteiger partial charge in [-0.1, -0.05) is 79.2 Å². The van der Waals surface area contributed by atoms with E-state index in [0.717, 1.165) is 0 Å². The standard InChI is InChI=1S/C15H22Si.Li/c1-3-13-16(4-2,14-9-5-6-10-14)15-11-7-8-12-15;/h5-9,11H,3-4,10,12-13H2,1-2H3;/q;+1.